The Morgan fingerprint density at radius 2 is 1.95 bits per heavy atom. The molecule has 1 aromatic heterocycles. The Kier molecular flexibility index (Phi) is 4.24. The third-order valence-electron chi connectivity index (χ3n) is 2.67. The van der Waals surface area contributed by atoms with E-state index in [0.717, 1.165) is 5.56 Å². The van der Waals surface area contributed by atoms with Crippen molar-refractivity contribution in [2.24, 2.45) is 0 Å². The zero-order valence-corrected chi connectivity index (χ0v) is 11.5. The average molecular weight is 277 g/mol. The van der Waals surface area contributed by atoms with Crippen LogP contribution in [-0.4, -0.2) is 32.0 Å². The summed E-state index contributed by atoms with van der Waals surface area (Å²) in [6.07, 6.45) is 0. The Morgan fingerprint density at radius 1 is 1.20 bits per heavy atom. The maximum atomic E-state index is 11.5. The van der Waals surface area contributed by atoms with Crippen LogP contribution < -0.4 is 9.47 Å². The van der Waals surface area contributed by atoms with Crippen molar-refractivity contribution in [2.45, 2.75) is 6.92 Å². The summed E-state index contributed by atoms with van der Waals surface area (Å²) in [6, 6.07) is 6.84. The summed E-state index contributed by atoms with van der Waals surface area (Å²) in [5.41, 5.74) is 1.27. The summed E-state index contributed by atoms with van der Waals surface area (Å²) in [5, 5.41) is 3.85. The maximum absolute atomic E-state index is 11.5. The summed E-state index contributed by atoms with van der Waals surface area (Å²) < 4.78 is 20.2. The summed E-state index contributed by atoms with van der Waals surface area (Å²) in [6.45, 7) is 2.01. The maximum Gasteiger partial charge on any atom is 0.377 e. The number of hydrogen-bond acceptors (Lipinski definition) is 6. The lowest BCUT2D eigenvalue weighted by atomic mass is 10.1. The number of hydrogen-bond donors (Lipinski definition) is 0. The van der Waals surface area contributed by atoms with E-state index in [1.54, 1.807) is 39.3 Å². The van der Waals surface area contributed by atoms with Gasteiger partial charge in [0.05, 0.1) is 20.8 Å². The molecule has 6 heteroatoms. The van der Waals surface area contributed by atoms with Crippen LogP contribution >= 0.6 is 0 Å². The van der Waals surface area contributed by atoms with Crippen molar-refractivity contribution < 1.29 is 23.5 Å². The first kappa shape index (κ1) is 13.9. The van der Waals surface area contributed by atoms with E-state index in [9.17, 15) is 4.79 Å². The van der Waals surface area contributed by atoms with Crippen LogP contribution in [0.1, 0.15) is 17.5 Å². The van der Waals surface area contributed by atoms with Gasteiger partial charge in [0.2, 0.25) is 5.76 Å². The Hall–Kier alpha value is -2.50. The predicted molar refractivity (Wildman–Crippen MR) is 71.0 cm³/mol. The molecule has 0 bridgehead atoms. The molecule has 0 spiro atoms. The van der Waals surface area contributed by atoms with Crippen molar-refractivity contribution in [3.8, 4) is 22.8 Å². The molecule has 0 N–H and O–H groups in total. The van der Waals surface area contributed by atoms with Crippen molar-refractivity contribution in [1.82, 2.24) is 5.16 Å². The minimum Gasteiger partial charge on any atom is -0.493 e. The van der Waals surface area contributed by atoms with Crippen LogP contribution in [0.5, 0.6) is 11.5 Å². The van der Waals surface area contributed by atoms with Crippen molar-refractivity contribution >= 4 is 5.97 Å². The Balaban J connectivity index is 2.30. The molecule has 6 nitrogen and oxygen atoms in total. The molecular formula is C14H15NO5. The number of aromatic nitrogens is 1. The highest BCUT2D eigenvalue weighted by Crippen LogP contribution is 2.32. The number of carbonyl (C=O) groups is 1. The number of carbonyl (C=O) groups excluding carboxylic acids is 1. The van der Waals surface area contributed by atoms with Crippen molar-refractivity contribution in [3.05, 3.63) is 30.0 Å². The highest BCUT2D eigenvalue weighted by Gasteiger charge is 2.16. The molecule has 106 valence electrons. The van der Waals surface area contributed by atoms with E-state index >= 15 is 0 Å². The lowest BCUT2D eigenvalue weighted by Gasteiger charge is -2.07. The summed E-state index contributed by atoms with van der Waals surface area (Å²) in [4.78, 5) is 11.5. The first-order valence-electron chi connectivity index (χ1n) is 6.05. The van der Waals surface area contributed by atoms with Gasteiger partial charge in [-0.25, -0.2) is 4.79 Å². The van der Waals surface area contributed by atoms with Gasteiger partial charge < -0.3 is 18.7 Å². The van der Waals surface area contributed by atoms with E-state index in [-0.39, 0.29) is 12.4 Å². The molecule has 1 aromatic carbocycles. The fraction of sp³-hybridized carbons (Fsp3) is 0.286. The minimum absolute atomic E-state index is 0.0663. The monoisotopic (exact) mass is 277 g/mol. The van der Waals surface area contributed by atoms with E-state index in [4.69, 9.17) is 18.7 Å². The molecule has 0 amide bonds. The number of benzene rings is 1. The van der Waals surface area contributed by atoms with Gasteiger partial charge in [-0.1, -0.05) is 5.16 Å². The highest BCUT2D eigenvalue weighted by molar-refractivity contribution is 5.87. The van der Waals surface area contributed by atoms with E-state index in [2.05, 4.69) is 5.16 Å². The topological polar surface area (TPSA) is 70.8 Å². The zero-order chi connectivity index (χ0) is 14.5. The van der Waals surface area contributed by atoms with Gasteiger partial charge in [0.15, 0.2) is 11.5 Å². The zero-order valence-electron chi connectivity index (χ0n) is 11.5. The van der Waals surface area contributed by atoms with Crippen molar-refractivity contribution in [3.63, 3.8) is 0 Å². The lowest BCUT2D eigenvalue weighted by molar-refractivity contribution is 0.0480. The van der Waals surface area contributed by atoms with Gasteiger partial charge in [0, 0.05) is 11.6 Å². The average Bonchev–Trinajstić information content (AvgIpc) is 2.96. The Labute approximate surface area is 116 Å². The number of ether oxygens (including phenoxy) is 3. The quantitative estimate of drug-likeness (QED) is 0.782. The molecule has 20 heavy (non-hydrogen) atoms. The minimum atomic E-state index is -0.535. The Morgan fingerprint density at radius 3 is 2.60 bits per heavy atom. The number of rotatable bonds is 5. The second-order valence-electron chi connectivity index (χ2n) is 3.87. The van der Waals surface area contributed by atoms with Gasteiger partial charge in [0.1, 0.15) is 5.69 Å². The van der Waals surface area contributed by atoms with Crippen LogP contribution in [0.25, 0.3) is 11.3 Å². The van der Waals surface area contributed by atoms with Crippen molar-refractivity contribution in [1.29, 1.82) is 0 Å². The third kappa shape index (κ3) is 2.74. The van der Waals surface area contributed by atoms with Gasteiger partial charge in [-0.15, -0.1) is 0 Å². The molecule has 0 radical (unpaired) electrons. The van der Waals surface area contributed by atoms with Gasteiger partial charge in [-0.2, -0.15) is 0 Å². The summed E-state index contributed by atoms with van der Waals surface area (Å²) in [5.74, 6) is 0.722. The predicted octanol–water partition coefficient (Wildman–Crippen LogP) is 2.54. The lowest BCUT2D eigenvalue weighted by Crippen LogP contribution is -2.02. The summed E-state index contributed by atoms with van der Waals surface area (Å²) in [7, 11) is 3.11. The fourth-order valence-electron chi connectivity index (χ4n) is 1.71. The first-order valence-corrected chi connectivity index (χ1v) is 6.05. The number of methoxy groups -OCH3 is 2. The summed E-state index contributed by atoms with van der Waals surface area (Å²) >= 11 is 0. The fourth-order valence-corrected chi connectivity index (χ4v) is 1.71. The van der Waals surface area contributed by atoms with Crippen LogP contribution in [0.2, 0.25) is 0 Å². The second kappa shape index (κ2) is 6.10. The van der Waals surface area contributed by atoms with Crippen LogP contribution in [-0.2, 0) is 4.74 Å². The molecule has 1 heterocycles. The van der Waals surface area contributed by atoms with Crippen LogP contribution in [0.15, 0.2) is 28.8 Å². The SMILES string of the molecule is CCOC(=O)c1cc(-c2ccc(OC)c(OC)c2)no1. The standard InChI is InChI=1S/C14H15NO5/c1-4-19-14(16)13-8-10(15-20-13)9-5-6-11(17-2)12(7-9)18-3/h5-8H,4H2,1-3H3. The smallest absolute Gasteiger partial charge is 0.377 e. The van der Waals surface area contributed by atoms with E-state index in [0.29, 0.717) is 17.2 Å². The van der Waals surface area contributed by atoms with Crippen LogP contribution in [0.4, 0.5) is 0 Å². The van der Waals surface area contributed by atoms with Gasteiger partial charge in [-0.3, -0.25) is 0 Å². The third-order valence-corrected chi connectivity index (χ3v) is 2.67. The molecule has 0 aliphatic carbocycles. The van der Waals surface area contributed by atoms with Crippen LogP contribution in [0, 0.1) is 0 Å². The van der Waals surface area contributed by atoms with Gasteiger partial charge in [-0.05, 0) is 25.1 Å². The highest BCUT2D eigenvalue weighted by atomic mass is 16.6. The molecule has 0 saturated carbocycles. The molecule has 0 atom stereocenters. The van der Waals surface area contributed by atoms with E-state index < -0.39 is 5.97 Å². The van der Waals surface area contributed by atoms with Gasteiger partial charge >= 0.3 is 5.97 Å². The van der Waals surface area contributed by atoms with E-state index in [1.807, 2.05) is 0 Å². The number of nitrogens with zero attached hydrogens (tertiary/aromatic N) is 1. The molecule has 2 aromatic rings. The second-order valence-corrected chi connectivity index (χ2v) is 3.87. The van der Waals surface area contributed by atoms with Crippen molar-refractivity contribution in [2.75, 3.05) is 20.8 Å². The number of esters is 1. The molecule has 0 fully saturated rings. The molecule has 0 saturated heterocycles. The normalized spacial score (nSPS) is 10.2. The largest absolute Gasteiger partial charge is 0.493 e. The van der Waals surface area contributed by atoms with E-state index in [1.165, 1.54) is 6.07 Å². The molecule has 0 unspecified atom stereocenters. The first-order chi connectivity index (χ1) is 9.69. The molecule has 0 aliphatic heterocycles. The Bertz CT molecular complexity index is 605. The van der Waals surface area contributed by atoms with Crippen LogP contribution in [0.3, 0.4) is 0 Å². The molecule has 2 rings (SSSR count). The molecule has 0 aliphatic rings. The van der Waals surface area contributed by atoms with Gasteiger partial charge in [0.25, 0.3) is 0 Å². The molecular weight excluding hydrogens is 262 g/mol.